The van der Waals surface area contributed by atoms with E-state index in [9.17, 15) is 5.11 Å². The van der Waals surface area contributed by atoms with Gasteiger partial charge in [-0.3, -0.25) is 4.90 Å². The summed E-state index contributed by atoms with van der Waals surface area (Å²) in [6, 6.07) is 6.18. The molecule has 1 aliphatic heterocycles. The molecule has 1 aromatic rings. The summed E-state index contributed by atoms with van der Waals surface area (Å²) in [6.07, 6.45) is 0. The maximum Gasteiger partial charge on any atom is 0.120 e. The van der Waals surface area contributed by atoms with Crippen LogP contribution in [0.15, 0.2) is 18.2 Å². The first-order valence-corrected chi connectivity index (χ1v) is 6.52. The van der Waals surface area contributed by atoms with Crippen LogP contribution in [0, 0.1) is 18.8 Å². The standard InChI is InChI=1S/C15H23NO/c1-10-5-6-15(17)14(7-10)13(4)16-8-11(2)12(3)9-16/h5-7,11-13,17H,8-9H2,1-4H3. The number of aryl methyl sites for hydroxylation is 1. The second-order valence-corrected chi connectivity index (χ2v) is 5.65. The van der Waals surface area contributed by atoms with E-state index in [0.717, 1.165) is 30.5 Å². The Kier molecular flexibility index (Phi) is 3.43. The van der Waals surface area contributed by atoms with Gasteiger partial charge in [-0.1, -0.05) is 31.5 Å². The fraction of sp³-hybridized carbons (Fsp3) is 0.600. The minimum absolute atomic E-state index is 0.308. The maximum atomic E-state index is 9.97. The van der Waals surface area contributed by atoms with Crippen molar-refractivity contribution in [2.24, 2.45) is 11.8 Å². The molecule has 0 aliphatic carbocycles. The van der Waals surface area contributed by atoms with Crippen molar-refractivity contribution in [1.82, 2.24) is 4.90 Å². The molecule has 1 heterocycles. The average molecular weight is 233 g/mol. The Hall–Kier alpha value is -1.02. The SMILES string of the molecule is Cc1ccc(O)c(C(C)N2CC(C)C(C)C2)c1. The molecule has 0 amide bonds. The topological polar surface area (TPSA) is 23.5 Å². The third-order valence-corrected chi connectivity index (χ3v) is 4.20. The lowest BCUT2D eigenvalue weighted by Crippen LogP contribution is -2.24. The van der Waals surface area contributed by atoms with Crippen molar-refractivity contribution in [1.29, 1.82) is 0 Å². The molecule has 0 saturated carbocycles. The van der Waals surface area contributed by atoms with Gasteiger partial charge >= 0.3 is 0 Å². The molecular formula is C15H23NO. The summed E-state index contributed by atoms with van der Waals surface area (Å²) in [6.45, 7) is 11.2. The fourth-order valence-electron chi connectivity index (χ4n) is 2.70. The summed E-state index contributed by atoms with van der Waals surface area (Å²) in [4.78, 5) is 2.48. The molecule has 0 aromatic heterocycles. The Balaban J connectivity index is 2.20. The molecule has 0 radical (unpaired) electrons. The van der Waals surface area contributed by atoms with Crippen molar-refractivity contribution < 1.29 is 5.11 Å². The molecule has 1 aliphatic rings. The summed E-state index contributed by atoms with van der Waals surface area (Å²) < 4.78 is 0. The quantitative estimate of drug-likeness (QED) is 0.846. The lowest BCUT2D eigenvalue weighted by atomic mass is 10.0. The van der Waals surface area contributed by atoms with Crippen molar-refractivity contribution >= 4 is 0 Å². The highest BCUT2D eigenvalue weighted by molar-refractivity contribution is 5.37. The molecule has 3 atom stereocenters. The average Bonchev–Trinajstić information content (AvgIpc) is 2.62. The summed E-state index contributed by atoms with van der Waals surface area (Å²) in [5.41, 5.74) is 2.27. The second-order valence-electron chi connectivity index (χ2n) is 5.65. The Morgan fingerprint density at radius 1 is 1.24 bits per heavy atom. The van der Waals surface area contributed by atoms with E-state index in [0.29, 0.717) is 11.8 Å². The van der Waals surface area contributed by atoms with Crippen LogP contribution < -0.4 is 0 Å². The zero-order valence-electron chi connectivity index (χ0n) is 11.3. The Morgan fingerprint density at radius 2 is 1.82 bits per heavy atom. The summed E-state index contributed by atoms with van der Waals surface area (Å²) >= 11 is 0. The first kappa shape index (κ1) is 12.4. The summed E-state index contributed by atoms with van der Waals surface area (Å²) in [7, 11) is 0. The highest BCUT2D eigenvalue weighted by Crippen LogP contribution is 2.34. The van der Waals surface area contributed by atoms with Gasteiger partial charge in [0.25, 0.3) is 0 Å². The maximum absolute atomic E-state index is 9.97. The van der Waals surface area contributed by atoms with Crippen LogP contribution in [-0.2, 0) is 0 Å². The Bertz CT molecular complexity index is 392. The molecule has 2 nitrogen and oxygen atoms in total. The lowest BCUT2D eigenvalue weighted by molar-refractivity contribution is 0.246. The summed E-state index contributed by atoms with van der Waals surface area (Å²) in [5, 5.41) is 9.97. The predicted molar refractivity (Wildman–Crippen MR) is 71.2 cm³/mol. The molecule has 2 rings (SSSR count). The van der Waals surface area contributed by atoms with Crippen LogP contribution in [0.5, 0.6) is 5.75 Å². The third-order valence-electron chi connectivity index (χ3n) is 4.20. The zero-order chi connectivity index (χ0) is 12.6. The highest BCUT2D eigenvalue weighted by Gasteiger charge is 2.30. The molecule has 1 saturated heterocycles. The minimum atomic E-state index is 0.308. The van der Waals surface area contributed by atoms with Gasteiger partial charge in [-0.2, -0.15) is 0 Å². The van der Waals surface area contributed by atoms with Crippen LogP contribution in [-0.4, -0.2) is 23.1 Å². The number of phenols is 1. The third kappa shape index (κ3) is 2.47. The fourth-order valence-corrected chi connectivity index (χ4v) is 2.70. The van der Waals surface area contributed by atoms with Gasteiger partial charge in [-0.05, 0) is 31.7 Å². The van der Waals surface area contributed by atoms with E-state index >= 15 is 0 Å². The van der Waals surface area contributed by atoms with E-state index in [-0.39, 0.29) is 0 Å². The van der Waals surface area contributed by atoms with Gasteiger partial charge in [-0.15, -0.1) is 0 Å². The number of hydrogen-bond acceptors (Lipinski definition) is 2. The van der Waals surface area contributed by atoms with Crippen molar-refractivity contribution in [3.05, 3.63) is 29.3 Å². The van der Waals surface area contributed by atoms with Gasteiger partial charge in [0.15, 0.2) is 0 Å². The van der Waals surface area contributed by atoms with Crippen LogP contribution in [0.2, 0.25) is 0 Å². The van der Waals surface area contributed by atoms with E-state index in [1.54, 1.807) is 0 Å². The molecule has 2 heteroatoms. The number of hydrogen-bond donors (Lipinski definition) is 1. The molecule has 17 heavy (non-hydrogen) atoms. The molecule has 94 valence electrons. The van der Waals surface area contributed by atoms with Crippen molar-refractivity contribution in [2.45, 2.75) is 33.7 Å². The number of aromatic hydroxyl groups is 1. The van der Waals surface area contributed by atoms with Gasteiger partial charge in [0.05, 0.1) is 0 Å². The van der Waals surface area contributed by atoms with E-state index in [1.165, 1.54) is 5.56 Å². The van der Waals surface area contributed by atoms with E-state index in [4.69, 9.17) is 0 Å². The molecule has 0 spiro atoms. The number of nitrogens with zero attached hydrogens (tertiary/aromatic N) is 1. The van der Waals surface area contributed by atoms with Crippen LogP contribution in [0.3, 0.4) is 0 Å². The number of likely N-dealkylation sites (tertiary alicyclic amines) is 1. The summed E-state index contributed by atoms with van der Waals surface area (Å²) in [5.74, 6) is 1.93. The van der Waals surface area contributed by atoms with Crippen molar-refractivity contribution in [2.75, 3.05) is 13.1 Å². The predicted octanol–water partition coefficient (Wildman–Crippen LogP) is 3.35. The molecule has 1 aromatic carbocycles. The van der Waals surface area contributed by atoms with E-state index in [2.05, 4.69) is 38.7 Å². The number of benzene rings is 1. The lowest BCUT2D eigenvalue weighted by Gasteiger charge is -2.25. The Labute approximate surface area is 104 Å². The minimum Gasteiger partial charge on any atom is -0.508 e. The molecule has 0 bridgehead atoms. The first-order valence-electron chi connectivity index (χ1n) is 6.52. The van der Waals surface area contributed by atoms with Gasteiger partial charge < -0.3 is 5.11 Å². The van der Waals surface area contributed by atoms with Gasteiger partial charge in [0.2, 0.25) is 0 Å². The number of rotatable bonds is 2. The molecular weight excluding hydrogens is 210 g/mol. The van der Waals surface area contributed by atoms with Crippen molar-refractivity contribution in [3.63, 3.8) is 0 Å². The molecule has 1 fully saturated rings. The normalized spacial score (nSPS) is 27.3. The van der Waals surface area contributed by atoms with Gasteiger partial charge in [-0.25, -0.2) is 0 Å². The smallest absolute Gasteiger partial charge is 0.120 e. The van der Waals surface area contributed by atoms with E-state index < -0.39 is 0 Å². The monoisotopic (exact) mass is 233 g/mol. The molecule has 3 unspecified atom stereocenters. The Morgan fingerprint density at radius 3 is 2.41 bits per heavy atom. The van der Waals surface area contributed by atoms with Gasteiger partial charge in [0.1, 0.15) is 5.75 Å². The van der Waals surface area contributed by atoms with Crippen molar-refractivity contribution in [3.8, 4) is 5.75 Å². The van der Waals surface area contributed by atoms with Crippen LogP contribution in [0.4, 0.5) is 0 Å². The zero-order valence-corrected chi connectivity index (χ0v) is 11.3. The van der Waals surface area contributed by atoms with Crippen LogP contribution in [0.25, 0.3) is 0 Å². The van der Waals surface area contributed by atoms with Gasteiger partial charge in [0, 0.05) is 24.7 Å². The highest BCUT2D eigenvalue weighted by atomic mass is 16.3. The first-order chi connectivity index (χ1) is 7.99. The van der Waals surface area contributed by atoms with Crippen LogP contribution >= 0.6 is 0 Å². The number of phenolic OH excluding ortho intramolecular Hbond substituents is 1. The van der Waals surface area contributed by atoms with Crippen LogP contribution in [0.1, 0.15) is 37.9 Å². The van der Waals surface area contributed by atoms with E-state index in [1.807, 2.05) is 12.1 Å². The molecule has 1 N–H and O–H groups in total. The largest absolute Gasteiger partial charge is 0.508 e. The second kappa shape index (κ2) is 4.69.